The Bertz CT molecular complexity index is 963. The molecule has 3 aromatic rings. The van der Waals surface area contributed by atoms with Gasteiger partial charge in [0.2, 0.25) is 0 Å². The van der Waals surface area contributed by atoms with E-state index in [0.717, 1.165) is 12.1 Å². The van der Waals surface area contributed by atoms with Crippen LogP contribution in [0.5, 0.6) is 0 Å². The summed E-state index contributed by atoms with van der Waals surface area (Å²) in [5.41, 5.74) is -1.38. The third-order valence-electron chi connectivity index (χ3n) is 4.76. The predicted octanol–water partition coefficient (Wildman–Crippen LogP) is 1.65. The van der Waals surface area contributed by atoms with Crippen LogP contribution in [0.1, 0.15) is 19.4 Å². The van der Waals surface area contributed by atoms with Crippen molar-refractivity contribution in [3.05, 3.63) is 48.2 Å². The summed E-state index contributed by atoms with van der Waals surface area (Å²) in [5.74, 6) is -4.21. The van der Waals surface area contributed by atoms with Crippen LogP contribution in [0.15, 0.2) is 30.7 Å². The first-order valence-corrected chi connectivity index (χ1v) is 8.16. The van der Waals surface area contributed by atoms with Crippen molar-refractivity contribution in [3.63, 3.8) is 0 Å². The summed E-state index contributed by atoms with van der Waals surface area (Å²) in [6.45, 7) is 1.96. The molecule has 1 saturated heterocycles. The lowest BCUT2D eigenvalue weighted by molar-refractivity contribution is -0.219. The first-order valence-electron chi connectivity index (χ1n) is 8.16. The molecule has 142 valence electrons. The maximum absolute atomic E-state index is 14.0. The summed E-state index contributed by atoms with van der Waals surface area (Å²) in [4.78, 5) is 0. The highest BCUT2D eigenvalue weighted by atomic mass is 19.2. The molecule has 0 amide bonds. The third-order valence-corrected chi connectivity index (χ3v) is 4.76. The van der Waals surface area contributed by atoms with E-state index in [2.05, 4.69) is 20.6 Å². The van der Waals surface area contributed by atoms with Crippen molar-refractivity contribution >= 4 is 0 Å². The van der Waals surface area contributed by atoms with Crippen LogP contribution < -0.4 is 0 Å². The number of aliphatic hydroxyl groups is 1. The van der Waals surface area contributed by atoms with Crippen LogP contribution in [0.4, 0.5) is 13.2 Å². The SMILES string of the molecule is CC1(n2ccnn2)OCCC(n2cc(-c3ccc(F)c(F)c3F)nn2)C1O. The summed E-state index contributed by atoms with van der Waals surface area (Å²) in [7, 11) is 0. The molecule has 3 heterocycles. The average molecular weight is 380 g/mol. The largest absolute Gasteiger partial charge is 0.386 e. The van der Waals surface area contributed by atoms with Gasteiger partial charge in [0.25, 0.3) is 0 Å². The standard InChI is InChI=1S/C16H15F3N6O2/c1-16(25-6-5-20-22-25)15(26)12(4-7-27-16)24-8-11(21-23-24)9-2-3-10(17)14(19)13(9)18/h2-3,5-6,8,12,15,26H,4,7H2,1H3. The Morgan fingerprint density at radius 1 is 1.22 bits per heavy atom. The minimum Gasteiger partial charge on any atom is -0.386 e. The Morgan fingerprint density at radius 2 is 2.04 bits per heavy atom. The van der Waals surface area contributed by atoms with Gasteiger partial charge in [0, 0.05) is 11.8 Å². The molecule has 1 fully saturated rings. The molecule has 0 bridgehead atoms. The predicted molar refractivity (Wildman–Crippen MR) is 84.6 cm³/mol. The van der Waals surface area contributed by atoms with Gasteiger partial charge in [0.05, 0.1) is 25.0 Å². The van der Waals surface area contributed by atoms with Crippen molar-refractivity contribution in [2.45, 2.75) is 31.2 Å². The van der Waals surface area contributed by atoms with Gasteiger partial charge < -0.3 is 9.84 Å². The van der Waals surface area contributed by atoms with Gasteiger partial charge in [-0.2, -0.15) is 0 Å². The van der Waals surface area contributed by atoms with Gasteiger partial charge in [-0.25, -0.2) is 22.5 Å². The Hall–Kier alpha value is -2.79. The van der Waals surface area contributed by atoms with E-state index < -0.39 is 35.3 Å². The lowest BCUT2D eigenvalue weighted by atomic mass is 9.95. The number of rotatable bonds is 3. The lowest BCUT2D eigenvalue weighted by Crippen LogP contribution is -2.53. The van der Waals surface area contributed by atoms with Crippen LogP contribution in [-0.2, 0) is 10.5 Å². The highest BCUT2D eigenvalue weighted by Gasteiger charge is 2.46. The molecule has 8 nitrogen and oxygen atoms in total. The number of ether oxygens (including phenoxy) is 1. The number of benzene rings is 1. The Morgan fingerprint density at radius 3 is 2.78 bits per heavy atom. The minimum atomic E-state index is -1.58. The van der Waals surface area contributed by atoms with Crippen molar-refractivity contribution in [1.29, 1.82) is 0 Å². The molecule has 0 saturated carbocycles. The summed E-state index contributed by atoms with van der Waals surface area (Å²) in [5, 5.41) is 26.2. The topological polar surface area (TPSA) is 90.9 Å². The van der Waals surface area contributed by atoms with Gasteiger partial charge in [-0.15, -0.1) is 10.2 Å². The zero-order chi connectivity index (χ0) is 19.2. The van der Waals surface area contributed by atoms with E-state index in [0.29, 0.717) is 13.0 Å². The van der Waals surface area contributed by atoms with Crippen LogP contribution in [0.3, 0.4) is 0 Å². The first-order chi connectivity index (χ1) is 12.9. The zero-order valence-electron chi connectivity index (χ0n) is 14.1. The molecule has 1 aliphatic rings. The van der Waals surface area contributed by atoms with Crippen LogP contribution in [0.25, 0.3) is 11.3 Å². The van der Waals surface area contributed by atoms with Crippen LogP contribution in [0, 0.1) is 17.5 Å². The van der Waals surface area contributed by atoms with Gasteiger partial charge >= 0.3 is 0 Å². The second-order valence-electron chi connectivity index (χ2n) is 6.36. The zero-order valence-corrected chi connectivity index (χ0v) is 14.1. The molecule has 0 spiro atoms. The molecule has 3 atom stereocenters. The number of nitrogens with zero attached hydrogens (tertiary/aromatic N) is 6. The molecule has 2 aromatic heterocycles. The number of aliphatic hydroxyl groups excluding tert-OH is 1. The lowest BCUT2D eigenvalue weighted by Gasteiger charge is -2.42. The molecule has 4 rings (SSSR count). The number of halogens is 3. The average Bonchev–Trinajstić information content (AvgIpc) is 3.34. The summed E-state index contributed by atoms with van der Waals surface area (Å²) < 4.78 is 49.1. The van der Waals surface area contributed by atoms with Gasteiger partial charge in [0.15, 0.2) is 23.2 Å². The smallest absolute Gasteiger partial charge is 0.195 e. The molecule has 0 radical (unpaired) electrons. The number of hydrogen-bond donors (Lipinski definition) is 1. The van der Waals surface area contributed by atoms with Gasteiger partial charge in [0.1, 0.15) is 11.8 Å². The molecule has 11 heteroatoms. The normalized spacial score (nSPS) is 25.7. The maximum atomic E-state index is 14.0. The van der Waals surface area contributed by atoms with Gasteiger partial charge in [-0.05, 0) is 25.5 Å². The highest BCUT2D eigenvalue weighted by Crippen LogP contribution is 2.36. The van der Waals surface area contributed by atoms with Crippen molar-refractivity contribution in [1.82, 2.24) is 30.0 Å². The quantitative estimate of drug-likeness (QED) is 0.695. The molecule has 1 N–H and O–H groups in total. The van der Waals surface area contributed by atoms with Gasteiger partial charge in [-0.1, -0.05) is 10.4 Å². The Labute approximate surface area is 151 Å². The monoisotopic (exact) mass is 380 g/mol. The Balaban J connectivity index is 1.66. The summed E-state index contributed by atoms with van der Waals surface area (Å²) >= 11 is 0. The molecular weight excluding hydrogens is 365 g/mol. The van der Waals surface area contributed by atoms with Crippen LogP contribution in [0.2, 0.25) is 0 Å². The van der Waals surface area contributed by atoms with Gasteiger partial charge in [-0.3, -0.25) is 0 Å². The minimum absolute atomic E-state index is 0.0209. The molecule has 1 aromatic carbocycles. The van der Waals surface area contributed by atoms with Crippen molar-refractivity contribution < 1.29 is 23.0 Å². The molecule has 27 heavy (non-hydrogen) atoms. The second kappa shape index (κ2) is 6.43. The molecular formula is C16H15F3N6O2. The Kier molecular flexibility index (Phi) is 4.19. The van der Waals surface area contributed by atoms with E-state index in [9.17, 15) is 18.3 Å². The van der Waals surface area contributed by atoms with Crippen LogP contribution in [-0.4, -0.2) is 47.8 Å². The van der Waals surface area contributed by atoms with E-state index >= 15 is 0 Å². The van der Waals surface area contributed by atoms with E-state index in [-0.39, 0.29) is 11.3 Å². The fourth-order valence-electron chi connectivity index (χ4n) is 3.20. The van der Waals surface area contributed by atoms with Crippen molar-refractivity contribution in [3.8, 4) is 11.3 Å². The van der Waals surface area contributed by atoms with E-state index in [4.69, 9.17) is 4.74 Å². The first kappa shape index (κ1) is 17.6. The number of hydrogen-bond acceptors (Lipinski definition) is 6. The van der Waals surface area contributed by atoms with Crippen LogP contribution >= 0.6 is 0 Å². The fraction of sp³-hybridized carbons (Fsp3) is 0.375. The second-order valence-corrected chi connectivity index (χ2v) is 6.36. The summed E-state index contributed by atoms with van der Waals surface area (Å²) in [6, 6.07) is 1.35. The van der Waals surface area contributed by atoms with E-state index in [1.54, 1.807) is 13.1 Å². The number of aromatic nitrogens is 6. The molecule has 0 aliphatic carbocycles. The summed E-state index contributed by atoms with van der Waals surface area (Å²) in [6.07, 6.45) is 3.74. The van der Waals surface area contributed by atoms with E-state index in [1.165, 1.54) is 21.8 Å². The highest BCUT2D eigenvalue weighted by molar-refractivity contribution is 5.58. The molecule has 3 unspecified atom stereocenters. The maximum Gasteiger partial charge on any atom is 0.195 e. The van der Waals surface area contributed by atoms with Crippen molar-refractivity contribution in [2.24, 2.45) is 0 Å². The third kappa shape index (κ3) is 2.79. The van der Waals surface area contributed by atoms with E-state index in [1.807, 2.05) is 0 Å². The molecule has 1 aliphatic heterocycles. The fourth-order valence-corrected chi connectivity index (χ4v) is 3.20. The van der Waals surface area contributed by atoms with Crippen molar-refractivity contribution in [2.75, 3.05) is 6.61 Å².